The molecule has 2 aromatic rings. The fraction of sp³-hybridized carbons (Fsp3) is 0.500. The van der Waals surface area contributed by atoms with Crippen LogP contribution in [-0.2, 0) is 6.54 Å². The van der Waals surface area contributed by atoms with Crippen LogP contribution >= 0.6 is 0 Å². The highest BCUT2D eigenvalue weighted by molar-refractivity contribution is 5.66. The molecule has 0 radical (unpaired) electrons. The molecule has 31 heavy (non-hydrogen) atoms. The number of halogens is 1. The van der Waals surface area contributed by atoms with E-state index >= 15 is 0 Å². The van der Waals surface area contributed by atoms with Crippen molar-refractivity contribution in [1.82, 2.24) is 9.80 Å². The van der Waals surface area contributed by atoms with E-state index in [4.69, 9.17) is 6.42 Å². The van der Waals surface area contributed by atoms with Gasteiger partial charge < -0.3 is 4.90 Å². The molecule has 2 nitrogen and oxygen atoms in total. The predicted octanol–water partition coefficient (Wildman–Crippen LogP) is 6.29. The van der Waals surface area contributed by atoms with E-state index in [0.29, 0.717) is 23.6 Å². The number of piperazine rings is 1. The van der Waals surface area contributed by atoms with Crippen LogP contribution in [0.5, 0.6) is 0 Å². The molecule has 2 aromatic carbocycles. The molecule has 0 amide bonds. The van der Waals surface area contributed by atoms with Crippen molar-refractivity contribution in [1.29, 1.82) is 0 Å². The molecule has 1 saturated carbocycles. The van der Waals surface area contributed by atoms with Gasteiger partial charge in [0.25, 0.3) is 0 Å². The number of fused-ring (bicyclic) bond motifs is 2. The van der Waals surface area contributed by atoms with Gasteiger partial charge in [0.2, 0.25) is 0 Å². The van der Waals surface area contributed by atoms with Crippen molar-refractivity contribution in [3.05, 3.63) is 58.9 Å². The maximum Gasteiger partial charge on any atom is 0.139 e. The molecule has 2 bridgehead atoms. The van der Waals surface area contributed by atoms with Gasteiger partial charge in [-0.15, -0.1) is 6.42 Å². The molecule has 0 unspecified atom stereocenters. The zero-order valence-electron chi connectivity index (χ0n) is 17.2. The van der Waals surface area contributed by atoms with Crippen LogP contribution in [0.3, 0.4) is 0 Å². The van der Waals surface area contributed by atoms with Crippen LogP contribution in [0.4, 0.5) is 4.39 Å². The van der Waals surface area contributed by atoms with E-state index in [0.717, 1.165) is 24.2 Å². The van der Waals surface area contributed by atoms with Crippen molar-refractivity contribution in [2.24, 2.45) is 0 Å². The Morgan fingerprint density at radius 2 is 1.77 bits per heavy atom. The first-order chi connectivity index (χ1) is 14.1. The Kier molecular flexibility index (Phi) is 7.24. The van der Waals surface area contributed by atoms with Crippen molar-refractivity contribution in [3.8, 4) is 23.5 Å². The fourth-order valence-corrected chi connectivity index (χ4v) is 5.66. The topological polar surface area (TPSA) is 6.48 Å². The Morgan fingerprint density at radius 3 is 2.39 bits per heavy atom. The van der Waals surface area contributed by atoms with Gasteiger partial charge in [-0.25, -0.2) is 4.39 Å². The molecule has 3 fully saturated rings. The zero-order valence-corrected chi connectivity index (χ0v) is 17.2. The van der Waals surface area contributed by atoms with Crippen LogP contribution in [0.15, 0.2) is 36.4 Å². The van der Waals surface area contributed by atoms with Crippen molar-refractivity contribution < 1.29 is 4.39 Å². The Morgan fingerprint density at radius 1 is 1.00 bits per heavy atom. The number of hydrogen-bond donors (Lipinski definition) is 0. The van der Waals surface area contributed by atoms with E-state index < -0.39 is 0 Å². The summed E-state index contributed by atoms with van der Waals surface area (Å²) in [7, 11) is 2.25. The molecular weight excluding hydrogens is 383 g/mol. The van der Waals surface area contributed by atoms with E-state index in [1.54, 1.807) is 12.1 Å². The van der Waals surface area contributed by atoms with Gasteiger partial charge in [-0.2, -0.15) is 0 Å². The third-order valence-electron chi connectivity index (χ3n) is 7.31. The highest BCUT2D eigenvalue weighted by atomic mass is 19.1. The lowest BCUT2D eigenvalue weighted by molar-refractivity contribution is 0.143. The summed E-state index contributed by atoms with van der Waals surface area (Å²) in [6.07, 6.45) is 11.9. The Hall–Kier alpha value is -2.15. The van der Waals surface area contributed by atoms with Gasteiger partial charge in [0.15, 0.2) is 0 Å². The van der Waals surface area contributed by atoms with Crippen molar-refractivity contribution >= 4 is 0 Å². The van der Waals surface area contributed by atoms with E-state index in [2.05, 4.69) is 41.0 Å². The normalized spacial score (nSPS) is 23.4. The lowest BCUT2D eigenvalue weighted by Gasteiger charge is -2.32. The highest BCUT2D eigenvalue weighted by Crippen LogP contribution is 2.38. The Labute approximate surface area is 188 Å². The van der Waals surface area contributed by atoms with Crippen molar-refractivity contribution in [2.75, 3.05) is 20.1 Å². The largest absolute Gasteiger partial charge is 0.301 e. The molecule has 2 aliphatic heterocycles. The van der Waals surface area contributed by atoms with Gasteiger partial charge in [0.1, 0.15) is 5.82 Å². The van der Waals surface area contributed by atoms with E-state index in [1.807, 2.05) is 6.07 Å². The second kappa shape index (κ2) is 9.55. The lowest BCUT2D eigenvalue weighted by Crippen LogP contribution is -2.43. The second-order valence-corrected chi connectivity index (χ2v) is 9.20. The number of rotatable bonds is 4. The van der Waals surface area contributed by atoms with E-state index in [1.165, 1.54) is 49.8 Å². The summed E-state index contributed by atoms with van der Waals surface area (Å²) >= 11 is 0. The molecule has 0 spiro atoms. The third kappa shape index (κ3) is 4.56. The molecule has 3 aliphatic rings. The molecule has 2 heterocycles. The van der Waals surface area contributed by atoms with Crippen LogP contribution in [-0.4, -0.2) is 42.0 Å². The summed E-state index contributed by atoms with van der Waals surface area (Å²) in [5.74, 6) is 2.76. The smallest absolute Gasteiger partial charge is 0.139 e. The molecule has 3 heteroatoms. The Balaban J connectivity index is 0.00000136. The summed E-state index contributed by atoms with van der Waals surface area (Å²) < 4.78 is 14.3. The first-order valence-corrected chi connectivity index (χ1v) is 11.0. The minimum absolute atomic E-state index is 0. The number of nitrogens with zero attached hydrogens (tertiary/aromatic N) is 2. The van der Waals surface area contributed by atoms with Crippen LogP contribution in [0.1, 0.15) is 69.6 Å². The first-order valence-electron chi connectivity index (χ1n) is 11.0. The van der Waals surface area contributed by atoms with Gasteiger partial charge in [0.05, 0.1) is 5.56 Å². The molecule has 0 aromatic heterocycles. The fourth-order valence-electron chi connectivity index (χ4n) is 5.66. The number of benzene rings is 2. The van der Waals surface area contributed by atoms with Gasteiger partial charge in [-0.1, -0.05) is 51.8 Å². The van der Waals surface area contributed by atoms with Crippen LogP contribution < -0.4 is 0 Å². The maximum atomic E-state index is 14.3. The minimum Gasteiger partial charge on any atom is -0.301 e. The van der Waals surface area contributed by atoms with Gasteiger partial charge >= 0.3 is 0 Å². The first kappa shape index (κ1) is 23.5. The quantitative estimate of drug-likeness (QED) is 0.536. The average Bonchev–Trinajstić information content (AvgIpc) is 3.45. The minimum atomic E-state index is -0.308. The maximum absolute atomic E-state index is 14.3. The zero-order chi connectivity index (χ0) is 20.0. The SMILES string of the molecule is C.C.C#Cc1ccc(-c2cc(CN3C[C@H]4C[C@@H]3CN4C)cc(C3CCCC3)c2)cc1F. The highest BCUT2D eigenvalue weighted by Gasteiger charge is 2.41. The summed E-state index contributed by atoms with van der Waals surface area (Å²) in [5.41, 5.74) is 5.16. The van der Waals surface area contributed by atoms with E-state index in [-0.39, 0.29) is 20.7 Å². The molecule has 0 N–H and O–H groups in total. The van der Waals surface area contributed by atoms with Crippen LogP contribution in [0.2, 0.25) is 0 Å². The van der Waals surface area contributed by atoms with Gasteiger partial charge in [-0.05, 0) is 72.7 Å². The van der Waals surface area contributed by atoms with Gasteiger partial charge in [-0.3, -0.25) is 4.90 Å². The van der Waals surface area contributed by atoms with E-state index in [9.17, 15) is 4.39 Å². The van der Waals surface area contributed by atoms with Crippen molar-refractivity contribution in [2.45, 2.75) is 71.5 Å². The second-order valence-electron chi connectivity index (χ2n) is 9.20. The Bertz CT molecular complexity index is 952. The number of likely N-dealkylation sites (tertiary alicyclic amines) is 2. The summed E-state index contributed by atoms with van der Waals surface area (Å²) in [4.78, 5) is 5.14. The molecule has 2 atom stereocenters. The van der Waals surface area contributed by atoms with Gasteiger partial charge in [0, 0.05) is 31.7 Å². The molecule has 166 valence electrons. The monoisotopic (exact) mass is 420 g/mol. The predicted molar refractivity (Wildman–Crippen MR) is 130 cm³/mol. The lowest BCUT2D eigenvalue weighted by atomic mass is 9.91. The standard InChI is InChI=1S/C26H29FN2.2CH4/c1-3-19-8-9-21(13-26(19)27)23-11-18(10-22(12-23)20-6-4-5-7-20)15-29-17-24-14-25(29)16-28(24)2;;/h1,8-13,20,24-25H,4-7,14-17H2,2H3;2*1H4/t24-,25-;;/m1../s1. The third-order valence-corrected chi connectivity index (χ3v) is 7.31. The van der Waals surface area contributed by atoms with Crippen LogP contribution in [0, 0.1) is 18.2 Å². The average molecular weight is 421 g/mol. The number of likely N-dealkylation sites (N-methyl/N-ethyl adjacent to an activating group) is 1. The molecule has 2 saturated heterocycles. The van der Waals surface area contributed by atoms with Crippen LogP contribution in [0.25, 0.3) is 11.1 Å². The summed E-state index contributed by atoms with van der Waals surface area (Å²) in [6.45, 7) is 3.34. The number of hydrogen-bond acceptors (Lipinski definition) is 2. The van der Waals surface area contributed by atoms with Crippen molar-refractivity contribution in [3.63, 3.8) is 0 Å². The summed E-state index contributed by atoms with van der Waals surface area (Å²) in [5, 5.41) is 0. The molecule has 1 aliphatic carbocycles. The number of terminal acetylenes is 1. The molecular formula is C28H37FN2. The molecule has 5 rings (SSSR count). The summed E-state index contributed by atoms with van der Waals surface area (Å²) in [6, 6.07) is 13.6.